The largest absolute Gasteiger partial charge is 0.384 e. The van der Waals surface area contributed by atoms with E-state index in [2.05, 4.69) is 21.8 Å². The van der Waals surface area contributed by atoms with Gasteiger partial charge < -0.3 is 10.1 Å². The molecule has 1 aromatic heterocycles. The van der Waals surface area contributed by atoms with E-state index < -0.39 is 0 Å². The highest BCUT2D eigenvalue weighted by atomic mass is 16.2. The number of aliphatic hydroxyl groups excluding tert-OH is 1. The van der Waals surface area contributed by atoms with Gasteiger partial charge in [-0.3, -0.25) is 0 Å². The Morgan fingerprint density at radius 1 is 1.50 bits per heavy atom. The Morgan fingerprint density at radius 3 is 3.14 bits per heavy atom. The van der Waals surface area contributed by atoms with Crippen LogP contribution in [0.5, 0.6) is 0 Å². The summed E-state index contributed by atoms with van der Waals surface area (Å²) in [5.41, 5.74) is 2.81. The number of rotatable bonds is 0. The third-order valence-corrected chi connectivity index (χ3v) is 1.91. The molecule has 70 valence electrons. The maximum atomic E-state index is 8.55. The lowest BCUT2D eigenvalue weighted by Gasteiger charge is -1.89. The van der Waals surface area contributed by atoms with E-state index in [9.17, 15) is 0 Å². The first-order valence-electron chi connectivity index (χ1n) is 4.36. The van der Waals surface area contributed by atoms with Crippen LogP contribution in [0.4, 0.5) is 0 Å². The molecule has 2 rings (SSSR count). The van der Waals surface area contributed by atoms with Gasteiger partial charge >= 0.3 is 0 Å². The van der Waals surface area contributed by atoms with Gasteiger partial charge in [0.25, 0.3) is 0 Å². The highest BCUT2D eigenvalue weighted by molar-refractivity contribution is 5.76. The molecule has 0 aliphatic carbocycles. The van der Waals surface area contributed by atoms with Crippen molar-refractivity contribution >= 4 is 11.0 Å². The van der Waals surface area contributed by atoms with Crippen LogP contribution < -0.4 is 0 Å². The standard InChI is InChI=1S/C11H10N2O/c1-8-12-10-5-4-9(3-2-6-14)7-11(10)13-8/h4-5,7,14H,6H2,1H3,(H,12,13). The van der Waals surface area contributed by atoms with Crippen molar-refractivity contribution in [1.29, 1.82) is 0 Å². The van der Waals surface area contributed by atoms with E-state index in [1.54, 1.807) is 0 Å². The molecule has 1 heterocycles. The van der Waals surface area contributed by atoms with Crippen LogP contribution in [0.1, 0.15) is 11.4 Å². The van der Waals surface area contributed by atoms with Crippen molar-refractivity contribution in [3.05, 3.63) is 29.6 Å². The van der Waals surface area contributed by atoms with Gasteiger partial charge in [0, 0.05) is 5.56 Å². The number of aliphatic hydroxyl groups is 1. The lowest BCUT2D eigenvalue weighted by Crippen LogP contribution is -1.77. The van der Waals surface area contributed by atoms with E-state index in [4.69, 9.17) is 5.11 Å². The van der Waals surface area contributed by atoms with Crippen LogP contribution in [-0.4, -0.2) is 21.7 Å². The number of hydrogen-bond acceptors (Lipinski definition) is 2. The molecule has 14 heavy (non-hydrogen) atoms. The zero-order valence-electron chi connectivity index (χ0n) is 7.83. The zero-order chi connectivity index (χ0) is 9.97. The smallest absolute Gasteiger partial charge is 0.104 e. The van der Waals surface area contributed by atoms with Gasteiger partial charge in [0.2, 0.25) is 0 Å². The van der Waals surface area contributed by atoms with E-state index in [1.165, 1.54) is 0 Å². The number of nitrogens with one attached hydrogen (secondary N) is 1. The fourth-order valence-electron chi connectivity index (χ4n) is 1.36. The topological polar surface area (TPSA) is 48.9 Å². The molecule has 0 amide bonds. The van der Waals surface area contributed by atoms with Crippen molar-refractivity contribution in [3.63, 3.8) is 0 Å². The summed E-state index contributed by atoms with van der Waals surface area (Å²) in [6.45, 7) is 1.80. The van der Waals surface area contributed by atoms with Gasteiger partial charge in [-0.2, -0.15) is 0 Å². The predicted molar refractivity (Wildman–Crippen MR) is 54.8 cm³/mol. The quantitative estimate of drug-likeness (QED) is 0.608. The third kappa shape index (κ3) is 1.61. The van der Waals surface area contributed by atoms with E-state index in [0.29, 0.717) is 0 Å². The molecule has 3 nitrogen and oxygen atoms in total. The molecular weight excluding hydrogens is 176 g/mol. The molecule has 0 bridgehead atoms. The Kier molecular flexibility index (Phi) is 2.21. The first-order chi connectivity index (χ1) is 6.79. The second-order valence-electron chi connectivity index (χ2n) is 3.01. The average molecular weight is 186 g/mol. The van der Waals surface area contributed by atoms with E-state index >= 15 is 0 Å². The van der Waals surface area contributed by atoms with Gasteiger partial charge in [-0.25, -0.2) is 4.98 Å². The van der Waals surface area contributed by atoms with Crippen LogP contribution in [0.15, 0.2) is 18.2 Å². The van der Waals surface area contributed by atoms with Crippen molar-refractivity contribution in [1.82, 2.24) is 9.97 Å². The number of benzene rings is 1. The molecule has 2 aromatic rings. The minimum Gasteiger partial charge on any atom is -0.384 e. The van der Waals surface area contributed by atoms with Crippen molar-refractivity contribution in [2.24, 2.45) is 0 Å². The minimum atomic E-state index is -0.111. The second-order valence-corrected chi connectivity index (χ2v) is 3.01. The number of fused-ring (bicyclic) bond motifs is 1. The molecule has 0 spiro atoms. The minimum absolute atomic E-state index is 0.111. The molecule has 0 unspecified atom stereocenters. The van der Waals surface area contributed by atoms with Crippen molar-refractivity contribution in [3.8, 4) is 11.8 Å². The Morgan fingerprint density at radius 2 is 2.36 bits per heavy atom. The average Bonchev–Trinajstić information content (AvgIpc) is 2.54. The van der Waals surface area contributed by atoms with E-state index in [1.807, 2.05) is 25.1 Å². The van der Waals surface area contributed by atoms with Crippen LogP contribution in [0.3, 0.4) is 0 Å². The molecule has 1 aromatic carbocycles. The SMILES string of the molecule is Cc1nc2ccc(C#CCO)cc2[nH]1. The van der Waals surface area contributed by atoms with Gasteiger partial charge in [-0.15, -0.1) is 0 Å². The van der Waals surface area contributed by atoms with Gasteiger partial charge in [0.1, 0.15) is 12.4 Å². The van der Waals surface area contributed by atoms with Gasteiger partial charge in [-0.1, -0.05) is 11.8 Å². The molecule has 0 fully saturated rings. The monoisotopic (exact) mass is 186 g/mol. The van der Waals surface area contributed by atoms with E-state index in [0.717, 1.165) is 22.4 Å². The highest BCUT2D eigenvalue weighted by Gasteiger charge is 1.98. The van der Waals surface area contributed by atoms with Crippen molar-refractivity contribution in [2.45, 2.75) is 6.92 Å². The fourth-order valence-corrected chi connectivity index (χ4v) is 1.36. The summed E-state index contributed by atoms with van der Waals surface area (Å²) >= 11 is 0. The first kappa shape index (κ1) is 8.79. The Hall–Kier alpha value is -1.79. The summed E-state index contributed by atoms with van der Waals surface area (Å²) in [7, 11) is 0. The molecule has 0 saturated carbocycles. The molecule has 0 saturated heterocycles. The summed E-state index contributed by atoms with van der Waals surface area (Å²) in [6.07, 6.45) is 0. The summed E-state index contributed by atoms with van der Waals surface area (Å²) < 4.78 is 0. The summed E-state index contributed by atoms with van der Waals surface area (Å²) in [5, 5.41) is 8.55. The number of aromatic nitrogens is 2. The van der Waals surface area contributed by atoms with Crippen LogP contribution in [0, 0.1) is 18.8 Å². The Labute approximate surface area is 81.8 Å². The third-order valence-electron chi connectivity index (χ3n) is 1.91. The molecule has 2 N–H and O–H groups in total. The molecule has 0 atom stereocenters. The second kappa shape index (κ2) is 3.52. The molecular formula is C11H10N2O. The Bertz CT molecular complexity index is 517. The molecule has 3 heteroatoms. The molecule has 0 radical (unpaired) electrons. The lowest BCUT2D eigenvalue weighted by atomic mass is 10.2. The number of aryl methyl sites for hydroxylation is 1. The van der Waals surface area contributed by atoms with Crippen LogP contribution in [0.25, 0.3) is 11.0 Å². The van der Waals surface area contributed by atoms with Crippen molar-refractivity contribution in [2.75, 3.05) is 6.61 Å². The fraction of sp³-hybridized carbons (Fsp3) is 0.182. The molecule has 0 aliphatic rings. The van der Waals surface area contributed by atoms with Crippen LogP contribution in [0.2, 0.25) is 0 Å². The first-order valence-corrected chi connectivity index (χ1v) is 4.36. The number of H-pyrrole nitrogens is 1. The highest BCUT2D eigenvalue weighted by Crippen LogP contribution is 2.12. The normalized spacial score (nSPS) is 9.86. The van der Waals surface area contributed by atoms with Crippen LogP contribution in [-0.2, 0) is 0 Å². The van der Waals surface area contributed by atoms with Gasteiger partial charge in [-0.05, 0) is 25.1 Å². The number of nitrogens with zero attached hydrogens (tertiary/aromatic N) is 1. The maximum Gasteiger partial charge on any atom is 0.104 e. The van der Waals surface area contributed by atoms with E-state index in [-0.39, 0.29) is 6.61 Å². The summed E-state index contributed by atoms with van der Waals surface area (Å²) in [5.74, 6) is 6.35. The zero-order valence-corrected chi connectivity index (χ0v) is 7.83. The van der Waals surface area contributed by atoms with Crippen LogP contribution >= 0.6 is 0 Å². The lowest BCUT2D eigenvalue weighted by molar-refractivity contribution is 0.350. The number of hydrogen-bond donors (Lipinski definition) is 2. The predicted octanol–water partition coefficient (Wildman–Crippen LogP) is 1.22. The van der Waals surface area contributed by atoms with Gasteiger partial charge in [0.15, 0.2) is 0 Å². The van der Waals surface area contributed by atoms with Crippen molar-refractivity contribution < 1.29 is 5.11 Å². The number of aromatic amines is 1. The summed E-state index contributed by atoms with van der Waals surface area (Å²) in [4.78, 5) is 7.42. The van der Waals surface area contributed by atoms with Gasteiger partial charge in [0.05, 0.1) is 11.0 Å². The molecule has 0 aliphatic heterocycles. The summed E-state index contributed by atoms with van der Waals surface area (Å²) in [6, 6.07) is 5.74. The maximum absolute atomic E-state index is 8.55. The number of imidazole rings is 1. The Balaban J connectivity index is 2.50.